The monoisotopic (exact) mass is 592 g/mol. The summed E-state index contributed by atoms with van der Waals surface area (Å²) in [5.74, 6) is -3.87. The molecule has 4 heterocycles. The van der Waals surface area contributed by atoms with E-state index in [1.807, 2.05) is 30.3 Å². The third kappa shape index (κ3) is 3.80. The second kappa shape index (κ2) is 9.53. The van der Waals surface area contributed by atoms with Crippen LogP contribution in [0.2, 0.25) is 5.02 Å². The number of carbonyl (C=O) groups is 1. The Balaban J connectivity index is 1.46. The molecule has 0 saturated carbocycles. The molecule has 42 heavy (non-hydrogen) atoms. The van der Waals surface area contributed by atoms with E-state index in [1.54, 1.807) is 0 Å². The highest BCUT2D eigenvalue weighted by molar-refractivity contribution is 6.34. The topological polar surface area (TPSA) is 118 Å². The van der Waals surface area contributed by atoms with Crippen LogP contribution >= 0.6 is 11.6 Å². The lowest BCUT2D eigenvalue weighted by atomic mass is 9.80. The zero-order valence-electron chi connectivity index (χ0n) is 22.2. The number of nitrogens with zero attached hydrogens (tertiary/aromatic N) is 2. The van der Waals surface area contributed by atoms with Gasteiger partial charge in [0, 0.05) is 36.2 Å². The molecule has 7 rings (SSSR count). The number of ether oxygens (including phenoxy) is 3. The lowest BCUT2D eigenvalue weighted by Gasteiger charge is -2.35. The predicted octanol–water partition coefficient (Wildman–Crippen LogP) is 4.96. The average molecular weight is 593 g/mol. The van der Waals surface area contributed by atoms with Crippen molar-refractivity contribution in [2.45, 2.75) is 30.9 Å². The fraction of sp³-hybridized carbons (Fsp3) is 0.233. The Morgan fingerprint density at radius 3 is 2.62 bits per heavy atom. The van der Waals surface area contributed by atoms with Crippen molar-refractivity contribution < 1.29 is 27.8 Å². The summed E-state index contributed by atoms with van der Waals surface area (Å²) in [5.41, 5.74) is 4.55. The van der Waals surface area contributed by atoms with Crippen LogP contribution in [0.15, 0.2) is 53.5 Å². The fourth-order valence-corrected chi connectivity index (χ4v) is 6.39. The molecule has 3 N–H and O–H groups in total. The second-order valence-electron chi connectivity index (χ2n) is 10.5. The quantitative estimate of drug-likeness (QED) is 0.303. The summed E-state index contributed by atoms with van der Waals surface area (Å²) in [5, 5.41) is 6.95. The first-order valence-corrected chi connectivity index (χ1v) is 13.6. The van der Waals surface area contributed by atoms with Crippen LogP contribution < -0.4 is 30.8 Å². The van der Waals surface area contributed by atoms with Crippen molar-refractivity contribution >= 4 is 17.5 Å². The van der Waals surface area contributed by atoms with E-state index in [0.29, 0.717) is 5.56 Å². The molecular weight excluding hydrogens is 570 g/mol. The number of nitrogens with one attached hydrogen (secondary N) is 1. The Hall–Kier alpha value is -4.48. The molecule has 1 aromatic heterocycles. The number of aromatic nitrogens is 2. The number of aryl methyl sites for hydroxylation is 1. The second-order valence-corrected chi connectivity index (χ2v) is 10.9. The normalized spacial score (nSPS) is 20.1. The van der Waals surface area contributed by atoms with Gasteiger partial charge in [0.15, 0.2) is 22.9 Å². The molecule has 0 spiro atoms. The molecule has 214 valence electrons. The SMILES string of the molecule is Cn1ncc2c(c1=O)Oc1c(cc(C(N)=O)c(-c3c(Cl)c(F)cc4c3C[C@](c3ccccc3)([C@@H]3CCCN3)O4)c1F)O2. The zero-order chi connectivity index (χ0) is 29.3. The summed E-state index contributed by atoms with van der Waals surface area (Å²) < 4.78 is 51.1. The number of halogens is 3. The van der Waals surface area contributed by atoms with Crippen LogP contribution in [-0.4, -0.2) is 28.3 Å². The minimum atomic E-state index is -1.10. The van der Waals surface area contributed by atoms with Gasteiger partial charge in [0.2, 0.25) is 17.4 Å². The molecule has 3 aromatic carbocycles. The van der Waals surface area contributed by atoms with Crippen molar-refractivity contribution in [1.82, 2.24) is 15.1 Å². The number of rotatable bonds is 4. The van der Waals surface area contributed by atoms with E-state index in [9.17, 15) is 9.59 Å². The Kier molecular flexibility index (Phi) is 6.00. The Morgan fingerprint density at radius 2 is 1.90 bits per heavy atom. The first-order chi connectivity index (χ1) is 20.2. The summed E-state index contributed by atoms with van der Waals surface area (Å²) in [6.07, 6.45) is 3.13. The van der Waals surface area contributed by atoms with Gasteiger partial charge < -0.3 is 25.3 Å². The van der Waals surface area contributed by atoms with Crippen molar-refractivity contribution in [3.8, 4) is 39.9 Å². The van der Waals surface area contributed by atoms with Gasteiger partial charge in [0.05, 0.1) is 22.8 Å². The van der Waals surface area contributed by atoms with Crippen LogP contribution in [0.25, 0.3) is 11.1 Å². The molecule has 12 heteroatoms. The summed E-state index contributed by atoms with van der Waals surface area (Å²) in [6.45, 7) is 0.778. The molecule has 2 atom stereocenters. The maximum absolute atomic E-state index is 16.6. The van der Waals surface area contributed by atoms with E-state index in [1.165, 1.54) is 25.4 Å². The number of hydrogen-bond acceptors (Lipinski definition) is 7. The number of carbonyl (C=O) groups excluding carboxylic acids is 1. The maximum Gasteiger partial charge on any atom is 0.313 e. The number of hydrogen-bond donors (Lipinski definition) is 2. The van der Waals surface area contributed by atoms with Crippen LogP contribution in [0.5, 0.6) is 28.7 Å². The molecule has 4 aromatic rings. The third-order valence-electron chi connectivity index (χ3n) is 8.09. The highest BCUT2D eigenvalue weighted by atomic mass is 35.5. The summed E-state index contributed by atoms with van der Waals surface area (Å²) in [4.78, 5) is 25.4. The van der Waals surface area contributed by atoms with Gasteiger partial charge in [-0.2, -0.15) is 5.10 Å². The fourth-order valence-electron chi connectivity index (χ4n) is 6.13. The summed E-state index contributed by atoms with van der Waals surface area (Å²) in [6, 6.07) is 11.7. The van der Waals surface area contributed by atoms with Gasteiger partial charge in [-0.1, -0.05) is 41.9 Å². The minimum Gasteiger partial charge on any atom is -0.480 e. The number of benzene rings is 3. The molecular formula is C30H23ClF2N4O5. The lowest BCUT2D eigenvalue weighted by Crippen LogP contribution is -2.48. The minimum absolute atomic E-state index is 0.0667. The highest BCUT2D eigenvalue weighted by Gasteiger charge is 2.50. The standard InChI is InChI=1S/C30H23ClF2N4O5/c1-37-29(39)27-20(13-36-37)40-19-10-15(28(34)38)23(25(33)26(19)41-27)22-16-12-30(21-8-5-9-35-21,14-6-3-2-4-7-14)42-18(16)11-17(32)24(22)31/h2-4,6-7,10-11,13,21,35H,5,8-9,12H2,1H3,(H2,34,38)/t21-,30-/m0/s1. The van der Waals surface area contributed by atoms with E-state index >= 15 is 8.78 Å². The molecule has 1 amide bonds. The van der Waals surface area contributed by atoms with Gasteiger partial charge in [-0.05, 0) is 31.0 Å². The molecule has 3 aliphatic rings. The van der Waals surface area contributed by atoms with Crippen LogP contribution in [0.3, 0.4) is 0 Å². The van der Waals surface area contributed by atoms with Gasteiger partial charge in [0.25, 0.3) is 0 Å². The number of fused-ring (bicyclic) bond motifs is 3. The molecule has 0 unspecified atom stereocenters. The molecule has 0 radical (unpaired) electrons. The van der Waals surface area contributed by atoms with Crippen LogP contribution in [0.1, 0.15) is 34.3 Å². The first kappa shape index (κ1) is 26.4. The van der Waals surface area contributed by atoms with Gasteiger partial charge in [-0.3, -0.25) is 9.59 Å². The Morgan fingerprint density at radius 1 is 1.12 bits per heavy atom. The van der Waals surface area contributed by atoms with Crippen molar-refractivity contribution in [3.63, 3.8) is 0 Å². The predicted molar refractivity (Wildman–Crippen MR) is 148 cm³/mol. The summed E-state index contributed by atoms with van der Waals surface area (Å²) in [7, 11) is 1.40. The molecule has 1 fully saturated rings. The number of primary amides is 1. The zero-order valence-corrected chi connectivity index (χ0v) is 22.9. The molecule has 0 bridgehead atoms. The number of amides is 1. The first-order valence-electron chi connectivity index (χ1n) is 13.3. The maximum atomic E-state index is 16.6. The largest absolute Gasteiger partial charge is 0.480 e. The molecule has 9 nitrogen and oxygen atoms in total. The van der Waals surface area contributed by atoms with E-state index in [4.69, 9.17) is 31.5 Å². The Labute approximate surface area is 242 Å². The summed E-state index contributed by atoms with van der Waals surface area (Å²) >= 11 is 6.57. The van der Waals surface area contributed by atoms with Gasteiger partial charge in [-0.25, -0.2) is 13.5 Å². The van der Waals surface area contributed by atoms with Crippen molar-refractivity contribution in [1.29, 1.82) is 0 Å². The van der Waals surface area contributed by atoms with E-state index in [-0.39, 0.29) is 52.2 Å². The third-order valence-corrected chi connectivity index (χ3v) is 8.46. The highest BCUT2D eigenvalue weighted by Crippen LogP contribution is 2.54. The average Bonchev–Trinajstić information content (AvgIpc) is 3.66. The van der Waals surface area contributed by atoms with Gasteiger partial charge in [-0.15, -0.1) is 0 Å². The van der Waals surface area contributed by atoms with E-state index in [2.05, 4.69) is 10.4 Å². The lowest BCUT2D eigenvalue weighted by molar-refractivity contribution is 0.0539. The van der Waals surface area contributed by atoms with E-state index < -0.39 is 39.5 Å². The van der Waals surface area contributed by atoms with Crippen LogP contribution in [0, 0.1) is 11.6 Å². The number of nitrogens with two attached hydrogens (primary N) is 1. The van der Waals surface area contributed by atoms with Crippen LogP contribution in [0.4, 0.5) is 8.78 Å². The van der Waals surface area contributed by atoms with Crippen molar-refractivity contribution in [2.24, 2.45) is 12.8 Å². The van der Waals surface area contributed by atoms with Gasteiger partial charge >= 0.3 is 5.56 Å². The molecule has 3 aliphatic heterocycles. The smallest absolute Gasteiger partial charge is 0.313 e. The molecule has 1 saturated heterocycles. The van der Waals surface area contributed by atoms with Crippen LogP contribution in [-0.2, 0) is 19.1 Å². The van der Waals surface area contributed by atoms with E-state index in [0.717, 1.165) is 29.6 Å². The Bertz CT molecular complexity index is 1860. The van der Waals surface area contributed by atoms with Gasteiger partial charge in [0.1, 0.15) is 11.6 Å². The van der Waals surface area contributed by atoms with Crippen molar-refractivity contribution in [2.75, 3.05) is 6.54 Å². The molecule has 0 aliphatic carbocycles. The van der Waals surface area contributed by atoms with Crippen molar-refractivity contribution in [3.05, 3.63) is 92.4 Å².